The highest BCUT2D eigenvalue weighted by Gasteiger charge is 1.99. The number of benzene rings is 1. The van der Waals surface area contributed by atoms with E-state index in [4.69, 9.17) is 0 Å². The van der Waals surface area contributed by atoms with E-state index in [1.807, 2.05) is 42.5 Å². The van der Waals surface area contributed by atoms with E-state index in [0.717, 1.165) is 5.69 Å². The Bertz CT molecular complexity index is 437. The molecular weight excluding hydrogens is 202 g/mol. The maximum Gasteiger partial charge on any atom is 0.258 e. The number of aromatic nitrogens is 1. The van der Waals surface area contributed by atoms with Crippen molar-refractivity contribution in [3.8, 4) is 0 Å². The van der Waals surface area contributed by atoms with Gasteiger partial charge in [-0.05, 0) is 24.3 Å². The van der Waals surface area contributed by atoms with Crippen LogP contribution in [0, 0.1) is 0 Å². The van der Waals surface area contributed by atoms with Gasteiger partial charge in [0.25, 0.3) is 5.91 Å². The predicted octanol–water partition coefficient (Wildman–Crippen LogP) is 1.67. The van der Waals surface area contributed by atoms with Gasteiger partial charge in [0.1, 0.15) is 0 Å². The predicted molar refractivity (Wildman–Crippen MR) is 63.7 cm³/mol. The molecule has 0 aliphatic rings. The third-order valence-corrected chi connectivity index (χ3v) is 2.09. The molecule has 1 aromatic carbocycles. The monoisotopic (exact) mass is 215 g/mol. The second-order valence-electron chi connectivity index (χ2n) is 3.34. The Morgan fingerprint density at radius 2 is 1.75 bits per heavy atom. The van der Waals surface area contributed by atoms with Gasteiger partial charge >= 0.3 is 0 Å². The average molecular weight is 215 g/mol. The van der Waals surface area contributed by atoms with Gasteiger partial charge in [-0.1, -0.05) is 18.2 Å². The van der Waals surface area contributed by atoms with E-state index in [9.17, 15) is 4.79 Å². The molecule has 0 aliphatic carbocycles. The number of nitrogens with zero attached hydrogens (tertiary/aromatic N) is 1. The van der Waals surface area contributed by atoms with Crippen LogP contribution in [0.4, 0.5) is 5.69 Å². The van der Waals surface area contributed by atoms with Gasteiger partial charge in [-0.2, -0.15) is 0 Å². The van der Waals surface area contributed by atoms with Gasteiger partial charge in [0.15, 0.2) is 0 Å². The smallest absolute Gasteiger partial charge is 0.258 e. The number of nitrogens with one attached hydrogen (secondary N) is 2. The van der Waals surface area contributed by atoms with Crippen LogP contribution in [0.1, 0.15) is 0 Å². The van der Waals surface area contributed by atoms with Gasteiger partial charge in [0.2, 0.25) is 0 Å². The second kappa shape index (κ2) is 5.02. The van der Waals surface area contributed by atoms with Gasteiger partial charge in [-0.15, -0.1) is 0 Å². The van der Waals surface area contributed by atoms with Crippen molar-refractivity contribution < 1.29 is 4.79 Å². The molecule has 4 nitrogen and oxygen atoms in total. The normalized spacial score (nSPS) is 9.75. The lowest BCUT2D eigenvalue weighted by Gasteiger charge is -2.07. The molecule has 2 N–H and O–H groups in total. The Labute approximate surface area is 93.9 Å². The van der Waals surface area contributed by atoms with Crippen molar-refractivity contribution in [1.82, 2.24) is 4.68 Å². The van der Waals surface area contributed by atoms with Crippen molar-refractivity contribution >= 4 is 11.6 Å². The van der Waals surface area contributed by atoms with Crippen molar-refractivity contribution in [2.75, 3.05) is 17.3 Å². The fourth-order valence-corrected chi connectivity index (χ4v) is 1.33. The molecule has 0 bridgehead atoms. The Morgan fingerprint density at radius 1 is 1.06 bits per heavy atom. The van der Waals surface area contributed by atoms with Crippen LogP contribution in [-0.2, 0) is 4.79 Å². The Kier molecular flexibility index (Phi) is 3.23. The molecule has 0 aliphatic heterocycles. The number of para-hydroxylation sites is 1. The standard InChI is InChI=1S/C12H13N3O/c16-12(14-15-8-4-5-9-15)10-13-11-6-2-1-3-7-11/h1-9,13H,10H2,(H,14,16). The number of carbonyl (C=O) groups excluding carboxylic acids is 1. The first kappa shape index (κ1) is 10.3. The number of carbonyl (C=O) groups is 1. The maximum atomic E-state index is 11.5. The molecule has 0 atom stereocenters. The largest absolute Gasteiger partial charge is 0.376 e. The number of hydrogen-bond donors (Lipinski definition) is 2. The summed E-state index contributed by atoms with van der Waals surface area (Å²) in [5.41, 5.74) is 3.64. The molecule has 0 unspecified atom stereocenters. The lowest BCUT2D eigenvalue weighted by Crippen LogP contribution is -2.27. The molecule has 16 heavy (non-hydrogen) atoms. The summed E-state index contributed by atoms with van der Waals surface area (Å²) in [6.07, 6.45) is 3.56. The molecule has 0 saturated heterocycles. The van der Waals surface area contributed by atoms with Crippen molar-refractivity contribution in [2.45, 2.75) is 0 Å². The zero-order valence-electron chi connectivity index (χ0n) is 8.76. The average Bonchev–Trinajstić information content (AvgIpc) is 2.81. The number of rotatable bonds is 4. The van der Waals surface area contributed by atoms with Crippen LogP contribution in [0.2, 0.25) is 0 Å². The number of hydrogen-bond acceptors (Lipinski definition) is 2. The zero-order chi connectivity index (χ0) is 11.2. The SMILES string of the molecule is O=C(CNc1ccccc1)Nn1cccc1. The van der Waals surface area contributed by atoms with Gasteiger partial charge in [0, 0.05) is 18.1 Å². The molecule has 0 spiro atoms. The molecule has 2 rings (SSSR count). The molecule has 4 heteroatoms. The number of anilines is 1. The van der Waals surface area contributed by atoms with Crippen LogP contribution in [-0.4, -0.2) is 17.1 Å². The van der Waals surface area contributed by atoms with Gasteiger partial charge in [-0.25, -0.2) is 0 Å². The highest BCUT2D eigenvalue weighted by molar-refractivity contribution is 5.87. The van der Waals surface area contributed by atoms with Crippen LogP contribution >= 0.6 is 0 Å². The molecule has 0 saturated carbocycles. The topological polar surface area (TPSA) is 46.1 Å². The van der Waals surface area contributed by atoms with Crippen molar-refractivity contribution in [2.24, 2.45) is 0 Å². The van der Waals surface area contributed by atoms with Gasteiger partial charge in [0.05, 0.1) is 6.54 Å². The minimum atomic E-state index is -0.0833. The fourth-order valence-electron chi connectivity index (χ4n) is 1.33. The zero-order valence-corrected chi connectivity index (χ0v) is 8.76. The van der Waals surface area contributed by atoms with E-state index in [1.165, 1.54) is 0 Å². The summed E-state index contributed by atoms with van der Waals surface area (Å²) in [4.78, 5) is 11.5. The van der Waals surface area contributed by atoms with E-state index >= 15 is 0 Å². The fraction of sp³-hybridized carbons (Fsp3) is 0.0833. The van der Waals surface area contributed by atoms with Crippen LogP contribution in [0.3, 0.4) is 0 Å². The van der Waals surface area contributed by atoms with Gasteiger partial charge < -0.3 is 5.32 Å². The molecule has 0 fully saturated rings. The summed E-state index contributed by atoms with van der Waals surface area (Å²) >= 11 is 0. The van der Waals surface area contributed by atoms with Crippen LogP contribution < -0.4 is 10.7 Å². The van der Waals surface area contributed by atoms with Gasteiger partial charge in [-0.3, -0.25) is 14.9 Å². The van der Waals surface area contributed by atoms with Crippen LogP contribution in [0.15, 0.2) is 54.9 Å². The summed E-state index contributed by atoms with van der Waals surface area (Å²) in [7, 11) is 0. The lowest BCUT2D eigenvalue weighted by molar-refractivity contribution is -0.115. The van der Waals surface area contributed by atoms with E-state index in [1.54, 1.807) is 17.1 Å². The van der Waals surface area contributed by atoms with E-state index in [-0.39, 0.29) is 12.5 Å². The van der Waals surface area contributed by atoms with Crippen LogP contribution in [0.5, 0.6) is 0 Å². The summed E-state index contributed by atoms with van der Waals surface area (Å²) in [6, 6.07) is 13.3. The van der Waals surface area contributed by atoms with Crippen molar-refractivity contribution in [3.05, 3.63) is 54.9 Å². The third-order valence-electron chi connectivity index (χ3n) is 2.09. The summed E-state index contributed by atoms with van der Waals surface area (Å²) in [6.45, 7) is 0.252. The highest BCUT2D eigenvalue weighted by Crippen LogP contribution is 2.03. The lowest BCUT2D eigenvalue weighted by atomic mass is 10.3. The summed E-state index contributed by atoms with van der Waals surface area (Å²) < 4.78 is 1.62. The molecule has 2 aromatic rings. The quantitative estimate of drug-likeness (QED) is 0.815. The highest BCUT2D eigenvalue weighted by atomic mass is 16.2. The maximum absolute atomic E-state index is 11.5. The molecule has 1 heterocycles. The summed E-state index contributed by atoms with van der Waals surface area (Å²) in [5.74, 6) is -0.0833. The Balaban J connectivity index is 1.80. The minimum Gasteiger partial charge on any atom is -0.376 e. The molecule has 1 amide bonds. The molecular formula is C12H13N3O. The molecule has 1 aromatic heterocycles. The van der Waals surface area contributed by atoms with E-state index in [0.29, 0.717) is 0 Å². The summed E-state index contributed by atoms with van der Waals surface area (Å²) in [5, 5.41) is 3.03. The van der Waals surface area contributed by atoms with E-state index in [2.05, 4.69) is 10.7 Å². The third kappa shape index (κ3) is 2.88. The minimum absolute atomic E-state index is 0.0833. The Hall–Kier alpha value is -2.23. The first-order valence-electron chi connectivity index (χ1n) is 5.06. The van der Waals surface area contributed by atoms with E-state index < -0.39 is 0 Å². The van der Waals surface area contributed by atoms with Crippen molar-refractivity contribution in [3.63, 3.8) is 0 Å². The van der Waals surface area contributed by atoms with Crippen molar-refractivity contribution in [1.29, 1.82) is 0 Å². The molecule has 0 radical (unpaired) electrons. The molecule has 82 valence electrons. The first-order valence-corrected chi connectivity index (χ1v) is 5.06. The Morgan fingerprint density at radius 3 is 2.44 bits per heavy atom. The first-order chi connectivity index (χ1) is 7.84. The number of amides is 1. The second-order valence-corrected chi connectivity index (χ2v) is 3.34. The van der Waals surface area contributed by atoms with Crippen LogP contribution in [0.25, 0.3) is 0 Å².